The zero-order chi connectivity index (χ0) is 10.1. The molecule has 76 valence electrons. The van der Waals surface area contributed by atoms with Gasteiger partial charge in [0.1, 0.15) is 0 Å². The lowest BCUT2D eigenvalue weighted by atomic mass is 9.94. The molecule has 0 fully saturated rings. The molecule has 14 heavy (non-hydrogen) atoms. The van der Waals surface area contributed by atoms with Gasteiger partial charge in [-0.05, 0) is 24.8 Å². The van der Waals surface area contributed by atoms with E-state index in [0.717, 1.165) is 25.0 Å². The molecule has 1 aromatic rings. The number of hydrogen-bond donors (Lipinski definition) is 1. The van der Waals surface area contributed by atoms with Crippen molar-refractivity contribution in [2.75, 3.05) is 0 Å². The van der Waals surface area contributed by atoms with E-state index in [1.807, 2.05) is 11.7 Å². The van der Waals surface area contributed by atoms with Crippen LogP contribution < -0.4 is 5.73 Å². The number of nitrogens with two attached hydrogens (primary N) is 1. The molecule has 1 aliphatic carbocycles. The standard InChI is InChI=1S/C10H14ClN3/c1-14-10(9(11)6-13-14)7-3-2-4-8(12)5-7/h5-6,8H,2-4,12H2,1H3. The fourth-order valence-corrected chi connectivity index (χ4v) is 2.21. The molecule has 1 unspecified atom stereocenters. The Morgan fingerprint density at radius 1 is 1.64 bits per heavy atom. The summed E-state index contributed by atoms with van der Waals surface area (Å²) in [7, 11) is 1.90. The predicted octanol–water partition coefficient (Wildman–Crippen LogP) is 1.97. The molecule has 1 aliphatic rings. The van der Waals surface area contributed by atoms with Gasteiger partial charge in [-0.2, -0.15) is 5.10 Å². The summed E-state index contributed by atoms with van der Waals surface area (Å²) in [6.45, 7) is 0. The quantitative estimate of drug-likeness (QED) is 0.772. The van der Waals surface area contributed by atoms with Crippen molar-refractivity contribution < 1.29 is 0 Å². The van der Waals surface area contributed by atoms with E-state index < -0.39 is 0 Å². The molecule has 0 amide bonds. The molecule has 1 heterocycles. The van der Waals surface area contributed by atoms with Crippen LogP contribution >= 0.6 is 11.6 Å². The SMILES string of the molecule is Cn1ncc(Cl)c1C1=CC(N)CCC1. The van der Waals surface area contributed by atoms with Gasteiger partial charge in [0.05, 0.1) is 16.9 Å². The van der Waals surface area contributed by atoms with Gasteiger partial charge in [0.2, 0.25) is 0 Å². The van der Waals surface area contributed by atoms with E-state index >= 15 is 0 Å². The molecule has 2 rings (SSSR count). The van der Waals surface area contributed by atoms with E-state index in [2.05, 4.69) is 11.2 Å². The average Bonchev–Trinajstić information content (AvgIpc) is 2.46. The summed E-state index contributed by atoms with van der Waals surface area (Å²) >= 11 is 6.06. The van der Waals surface area contributed by atoms with Gasteiger partial charge >= 0.3 is 0 Å². The lowest BCUT2D eigenvalue weighted by Gasteiger charge is -2.18. The highest BCUT2D eigenvalue weighted by Crippen LogP contribution is 2.30. The minimum absolute atomic E-state index is 0.171. The van der Waals surface area contributed by atoms with Crippen molar-refractivity contribution in [3.63, 3.8) is 0 Å². The summed E-state index contributed by atoms with van der Waals surface area (Å²) in [6, 6.07) is 0.171. The third kappa shape index (κ3) is 1.70. The van der Waals surface area contributed by atoms with Crippen LogP contribution in [0.4, 0.5) is 0 Å². The highest BCUT2D eigenvalue weighted by molar-refractivity contribution is 6.32. The Morgan fingerprint density at radius 3 is 3.00 bits per heavy atom. The van der Waals surface area contributed by atoms with Crippen molar-refractivity contribution in [2.24, 2.45) is 12.8 Å². The normalized spacial score (nSPS) is 22.2. The smallest absolute Gasteiger partial charge is 0.0862 e. The van der Waals surface area contributed by atoms with Crippen LogP contribution in [0, 0.1) is 0 Å². The molecule has 1 aromatic heterocycles. The van der Waals surface area contributed by atoms with Gasteiger partial charge < -0.3 is 5.73 Å². The lowest BCUT2D eigenvalue weighted by molar-refractivity contribution is 0.647. The third-order valence-corrected chi connectivity index (χ3v) is 2.87. The summed E-state index contributed by atoms with van der Waals surface area (Å²) in [5, 5.41) is 4.84. The summed E-state index contributed by atoms with van der Waals surface area (Å²) in [5.41, 5.74) is 8.13. The average molecular weight is 212 g/mol. The second kappa shape index (κ2) is 3.75. The first-order chi connectivity index (χ1) is 6.68. The van der Waals surface area contributed by atoms with E-state index in [1.165, 1.54) is 5.57 Å². The van der Waals surface area contributed by atoms with E-state index in [1.54, 1.807) is 6.20 Å². The van der Waals surface area contributed by atoms with Crippen LogP contribution in [0.3, 0.4) is 0 Å². The number of hydrogen-bond acceptors (Lipinski definition) is 2. The zero-order valence-corrected chi connectivity index (χ0v) is 8.96. The zero-order valence-electron chi connectivity index (χ0n) is 8.20. The molecular weight excluding hydrogens is 198 g/mol. The highest BCUT2D eigenvalue weighted by atomic mass is 35.5. The summed E-state index contributed by atoms with van der Waals surface area (Å²) < 4.78 is 1.81. The van der Waals surface area contributed by atoms with Gasteiger partial charge in [0.15, 0.2) is 0 Å². The van der Waals surface area contributed by atoms with Crippen LogP contribution in [0.25, 0.3) is 5.57 Å². The Hall–Kier alpha value is -0.800. The van der Waals surface area contributed by atoms with Gasteiger partial charge in [-0.1, -0.05) is 17.7 Å². The van der Waals surface area contributed by atoms with Gasteiger partial charge in [-0.15, -0.1) is 0 Å². The van der Waals surface area contributed by atoms with Crippen molar-refractivity contribution in [2.45, 2.75) is 25.3 Å². The first-order valence-corrected chi connectivity index (χ1v) is 5.20. The van der Waals surface area contributed by atoms with Gasteiger partial charge in [0.25, 0.3) is 0 Å². The number of halogens is 1. The van der Waals surface area contributed by atoms with Crippen molar-refractivity contribution in [3.05, 3.63) is 23.0 Å². The first-order valence-electron chi connectivity index (χ1n) is 4.82. The van der Waals surface area contributed by atoms with Gasteiger partial charge in [0, 0.05) is 13.1 Å². The van der Waals surface area contributed by atoms with Crippen LogP contribution in [0.2, 0.25) is 5.02 Å². The van der Waals surface area contributed by atoms with Crippen molar-refractivity contribution in [1.29, 1.82) is 0 Å². The molecule has 3 nitrogen and oxygen atoms in total. The van der Waals surface area contributed by atoms with Crippen molar-refractivity contribution in [1.82, 2.24) is 9.78 Å². The number of nitrogens with zero attached hydrogens (tertiary/aromatic N) is 2. The second-order valence-corrected chi connectivity index (χ2v) is 4.12. The largest absolute Gasteiger partial charge is 0.324 e. The molecular formula is C10H14ClN3. The van der Waals surface area contributed by atoms with Crippen molar-refractivity contribution >= 4 is 17.2 Å². The Labute approximate surface area is 88.5 Å². The summed E-state index contributed by atoms with van der Waals surface area (Å²) in [4.78, 5) is 0. The number of aryl methyl sites for hydroxylation is 1. The van der Waals surface area contributed by atoms with E-state index in [-0.39, 0.29) is 6.04 Å². The van der Waals surface area contributed by atoms with E-state index in [4.69, 9.17) is 17.3 Å². The Bertz CT molecular complexity index is 348. The van der Waals surface area contributed by atoms with E-state index in [9.17, 15) is 0 Å². The minimum Gasteiger partial charge on any atom is -0.324 e. The fourth-order valence-electron chi connectivity index (χ4n) is 1.92. The molecule has 0 saturated carbocycles. The van der Waals surface area contributed by atoms with E-state index in [0.29, 0.717) is 5.02 Å². The number of rotatable bonds is 1. The molecule has 0 bridgehead atoms. The van der Waals surface area contributed by atoms with Crippen LogP contribution in [-0.2, 0) is 7.05 Å². The molecule has 0 aliphatic heterocycles. The maximum Gasteiger partial charge on any atom is 0.0862 e. The van der Waals surface area contributed by atoms with Crippen LogP contribution in [0.5, 0.6) is 0 Å². The van der Waals surface area contributed by atoms with Gasteiger partial charge in [-0.3, -0.25) is 4.68 Å². The maximum atomic E-state index is 6.06. The topological polar surface area (TPSA) is 43.8 Å². The van der Waals surface area contributed by atoms with Crippen LogP contribution in [0.1, 0.15) is 25.0 Å². The molecule has 0 aromatic carbocycles. The molecule has 0 radical (unpaired) electrons. The first kappa shape index (κ1) is 9.74. The summed E-state index contributed by atoms with van der Waals surface area (Å²) in [6.07, 6.45) is 7.03. The van der Waals surface area contributed by atoms with Gasteiger partial charge in [-0.25, -0.2) is 0 Å². The Balaban J connectivity index is 2.39. The molecule has 0 saturated heterocycles. The molecule has 1 atom stereocenters. The number of allylic oxidation sites excluding steroid dienone is 1. The molecule has 4 heteroatoms. The second-order valence-electron chi connectivity index (χ2n) is 3.71. The lowest BCUT2D eigenvalue weighted by Crippen LogP contribution is -2.20. The highest BCUT2D eigenvalue weighted by Gasteiger charge is 2.16. The maximum absolute atomic E-state index is 6.06. The monoisotopic (exact) mass is 211 g/mol. The fraction of sp³-hybridized carbons (Fsp3) is 0.500. The van der Waals surface area contributed by atoms with Crippen LogP contribution in [0.15, 0.2) is 12.3 Å². The predicted molar refractivity (Wildman–Crippen MR) is 58.0 cm³/mol. The summed E-state index contributed by atoms with van der Waals surface area (Å²) in [5.74, 6) is 0. The van der Waals surface area contributed by atoms with Crippen molar-refractivity contribution in [3.8, 4) is 0 Å². The molecule has 2 N–H and O–H groups in total. The third-order valence-electron chi connectivity index (χ3n) is 2.60. The Morgan fingerprint density at radius 2 is 2.43 bits per heavy atom. The molecule has 0 spiro atoms. The van der Waals surface area contributed by atoms with Crippen LogP contribution in [-0.4, -0.2) is 15.8 Å². The Kier molecular flexibility index (Phi) is 2.61. The number of aromatic nitrogens is 2. The minimum atomic E-state index is 0.171.